The van der Waals surface area contributed by atoms with Crippen molar-refractivity contribution < 1.29 is 14.6 Å². The van der Waals surface area contributed by atoms with Gasteiger partial charge >= 0.3 is 0 Å². The molecule has 1 aliphatic carbocycles. The molecular formula is C14H26N2O3. The number of hydrogen-bond donors (Lipinski definition) is 3. The molecule has 1 saturated heterocycles. The van der Waals surface area contributed by atoms with Crippen molar-refractivity contribution in [2.45, 2.75) is 69.7 Å². The van der Waals surface area contributed by atoms with Gasteiger partial charge in [0.2, 0.25) is 5.91 Å². The monoisotopic (exact) mass is 270 g/mol. The largest absolute Gasteiger partial charge is 0.393 e. The van der Waals surface area contributed by atoms with Crippen molar-refractivity contribution in [2.24, 2.45) is 0 Å². The van der Waals surface area contributed by atoms with E-state index in [4.69, 9.17) is 4.74 Å². The summed E-state index contributed by atoms with van der Waals surface area (Å²) >= 11 is 0. The molecule has 2 fully saturated rings. The van der Waals surface area contributed by atoms with E-state index in [0.29, 0.717) is 38.9 Å². The number of aliphatic hydroxyl groups excluding tert-OH is 1. The van der Waals surface area contributed by atoms with Gasteiger partial charge in [-0.15, -0.1) is 0 Å². The average molecular weight is 270 g/mol. The van der Waals surface area contributed by atoms with E-state index < -0.39 is 5.54 Å². The summed E-state index contributed by atoms with van der Waals surface area (Å²) in [6, 6.07) is 0.253. The second kappa shape index (κ2) is 5.38. The average Bonchev–Trinajstić information content (AvgIpc) is 2.27. The van der Waals surface area contributed by atoms with Crippen molar-refractivity contribution in [1.82, 2.24) is 10.6 Å². The van der Waals surface area contributed by atoms with Gasteiger partial charge in [-0.05, 0) is 46.5 Å². The third kappa shape index (κ3) is 3.27. The maximum atomic E-state index is 12.7. The van der Waals surface area contributed by atoms with Crippen LogP contribution in [0.3, 0.4) is 0 Å². The van der Waals surface area contributed by atoms with E-state index >= 15 is 0 Å². The Kier molecular flexibility index (Phi) is 4.18. The highest BCUT2D eigenvalue weighted by molar-refractivity contribution is 5.87. The van der Waals surface area contributed by atoms with Crippen molar-refractivity contribution in [3.05, 3.63) is 0 Å². The fraction of sp³-hybridized carbons (Fsp3) is 0.929. The van der Waals surface area contributed by atoms with Gasteiger partial charge in [0.15, 0.2) is 0 Å². The maximum absolute atomic E-state index is 12.7. The molecule has 0 radical (unpaired) electrons. The Labute approximate surface area is 115 Å². The van der Waals surface area contributed by atoms with E-state index in [2.05, 4.69) is 24.5 Å². The zero-order valence-electron chi connectivity index (χ0n) is 12.2. The van der Waals surface area contributed by atoms with Gasteiger partial charge in [0, 0.05) is 24.8 Å². The topological polar surface area (TPSA) is 70.6 Å². The molecule has 0 aromatic rings. The van der Waals surface area contributed by atoms with E-state index in [1.165, 1.54) is 0 Å². The Morgan fingerprint density at radius 2 is 1.89 bits per heavy atom. The quantitative estimate of drug-likeness (QED) is 0.698. The summed E-state index contributed by atoms with van der Waals surface area (Å²) in [5.74, 6) is 0.0545. The summed E-state index contributed by atoms with van der Waals surface area (Å²) < 4.78 is 5.38. The first-order valence-electron chi connectivity index (χ1n) is 7.21. The smallest absolute Gasteiger partial charge is 0.240 e. The van der Waals surface area contributed by atoms with Gasteiger partial charge in [0.1, 0.15) is 5.54 Å². The summed E-state index contributed by atoms with van der Waals surface area (Å²) in [5, 5.41) is 16.0. The number of ether oxygens (including phenoxy) is 1. The van der Waals surface area contributed by atoms with Crippen LogP contribution in [0.1, 0.15) is 46.5 Å². The predicted molar refractivity (Wildman–Crippen MR) is 72.8 cm³/mol. The standard InChI is InChI=1S/C14H26N2O3/c1-10(2)15-14(4-6-19-7-5-14)12(18)16-13(3)8-11(17)9-13/h10-11,15,17H,4-9H2,1-3H3,(H,16,18). The van der Waals surface area contributed by atoms with Gasteiger partial charge in [0.25, 0.3) is 0 Å². The Hall–Kier alpha value is -0.650. The van der Waals surface area contributed by atoms with Crippen LogP contribution in [0, 0.1) is 0 Å². The van der Waals surface area contributed by atoms with Gasteiger partial charge in [-0.1, -0.05) is 0 Å². The van der Waals surface area contributed by atoms with Crippen molar-refractivity contribution >= 4 is 5.91 Å². The van der Waals surface area contributed by atoms with Crippen LogP contribution in [0.5, 0.6) is 0 Å². The van der Waals surface area contributed by atoms with E-state index in [1.54, 1.807) is 0 Å². The molecule has 0 aromatic carbocycles. The molecule has 0 unspecified atom stereocenters. The fourth-order valence-corrected chi connectivity index (χ4v) is 3.19. The summed E-state index contributed by atoms with van der Waals surface area (Å²) in [7, 11) is 0. The Morgan fingerprint density at radius 3 is 2.37 bits per heavy atom. The second-order valence-electron chi connectivity index (χ2n) is 6.57. The van der Waals surface area contributed by atoms with Crippen LogP contribution in [0.25, 0.3) is 0 Å². The molecule has 2 rings (SSSR count). The minimum Gasteiger partial charge on any atom is -0.393 e. The van der Waals surface area contributed by atoms with Crippen LogP contribution >= 0.6 is 0 Å². The first-order chi connectivity index (χ1) is 8.85. The molecule has 1 amide bonds. The summed E-state index contributed by atoms with van der Waals surface area (Å²) in [4.78, 5) is 12.7. The van der Waals surface area contributed by atoms with Gasteiger partial charge in [-0.2, -0.15) is 0 Å². The first-order valence-corrected chi connectivity index (χ1v) is 7.21. The molecule has 2 aliphatic rings. The van der Waals surface area contributed by atoms with Crippen molar-refractivity contribution in [2.75, 3.05) is 13.2 Å². The molecule has 110 valence electrons. The Balaban J connectivity index is 2.03. The van der Waals surface area contributed by atoms with E-state index in [0.717, 1.165) is 0 Å². The van der Waals surface area contributed by atoms with Crippen LogP contribution in [0.15, 0.2) is 0 Å². The van der Waals surface area contributed by atoms with Gasteiger partial charge in [-0.25, -0.2) is 0 Å². The van der Waals surface area contributed by atoms with Crippen LogP contribution in [-0.2, 0) is 9.53 Å². The Bertz CT molecular complexity index is 332. The van der Waals surface area contributed by atoms with E-state index in [1.807, 2.05) is 6.92 Å². The highest BCUT2D eigenvalue weighted by atomic mass is 16.5. The zero-order chi connectivity index (χ0) is 14.1. The highest BCUT2D eigenvalue weighted by Gasteiger charge is 2.46. The lowest BCUT2D eigenvalue weighted by Gasteiger charge is -2.47. The molecule has 1 saturated carbocycles. The number of carbonyl (C=O) groups excluding carboxylic acids is 1. The molecule has 5 nitrogen and oxygen atoms in total. The number of carbonyl (C=O) groups is 1. The molecular weight excluding hydrogens is 244 g/mol. The van der Waals surface area contributed by atoms with Crippen molar-refractivity contribution in [3.63, 3.8) is 0 Å². The minimum absolute atomic E-state index is 0.0545. The molecule has 19 heavy (non-hydrogen) atoms. The van der Waals surface area contributed by atoms with E-state index in [-0.39, 0.29) is 23.6 Å². The van der Waals surface area contributed by atoms with E-state index in [9.17, 15) is 9.90 Å². The summed E-state index contributed by atoms with van der Waals surface area (Å²) in [6.07, 6.45) is 2.43. The molecule has 1 heterocycles. The first kappa shape index (κ1) is 14.8. The number of hydrogen-bond acceptors (Lipinski definition) is 4. The third-order valence-electron chi connectivity index (χ3n) is 4.13. The van der Waals surface area contributed by atoms with Crippen molar-refractivity contribution in [3.8, 4) is 0 Å². The molecule has 1 aliphatic heterocycles. The number of amides is 1. The fourth-order valence-electron chi connectivity index (χ4n) is 3.19. The van der Waals surface area contributed by atoms with Gasteiger partial charge in [0.05, 0.1) is 6.10 Å². The molecule has 0 spiro atoms. The SMILES string of the molecule is CC(C)NC1(C(=O)NC2(C)CC(O)C2)CCOCC1. The molecule has 0 aromatic heterocycles. The maximum Gasteiger partial charge on any atom is 0.240 e. The number of aliphatic hydroxyl groups is 1. The highest BCUT2D eigenvalue weighted by Crippen LogP contribution is 2.33. The normalized spacial score (nSPS) is 33.8. The lowest BCUT2D eigenvalue weighted by Crippen LogP contribution is -2.67. The van der Waals surface area contributed by atoms with Crippen LogP contribution in [-0.4, -0.2) is 47.5 Å². The van der Waals surface area contributed by atoms with Crippen LogP contribution in [0.2, 0.25) is 0 Å². The van der Waals surface area contributed by atoms with Gasteiger partial charge < -0.3 is 20.5 Å². The molecule has 0 atom stereocenters. The lowest BCUT2D eigenvalue weighted by molar-refractivity contribution is -0.136. The number of nitrogens with one attached hydrogen (secondary N) is 2. The minimum atomic E-state index is -0.518. The van der Waals surface area contributed by atoms with Crippen LogP contribution in [0.4, 0.5) is 0 Å². The summed E-state index contributed by atoms with van der Waals surface area (Å²) in [5.41, 5.74) is -0.767. The second-order valence-corrected chi connectivity index (χ2v) is 6.57. The molecule has 3 N–H and O–H groups in total. The Morgan fingerprint density at radius 1 is 1.32 bits per heavy atom. The molecule has 5 heteroatoms. The third-order valence-corrected chi connectivity index (χ3v) is 4.13. The molecule has 0 bridgehead atoms. The van der Waals surface area contributed by atoms with Crippen LogP contribution < -0.4 is 10.6 Å². The predicted octanol–water partition coefficient (Wildman–Crippen LogP) is 0.563. The number of rotatable bonds is 4. The lowest BCUT2D eigenvalue weighted by atomic mass is 9.75. The zero-order valence-corrected chi connectivity index (χ0v) is 12.2. The summed E-state index contributed by atoms with van der Waals surface area (Å²) in [6.45, 7) is 7.34. The van der Waals surface area contributed by atoms with Crippen molar-refractivity contribution in [1.29, 1.82) is 0 Å². The van der Waals surface area contributed by atoms with Gasteiger partial charge in [-0.3, -0.25) is 4.79 Å².